The number of carbonyl (C=O) groups excluding carboxylic acids is 1. The highest BCUT2D eigenvalue weighted by molar-refractivity contribution is 6.32. The van der Waals surface area contributed by atoms with E-state index in [1.165, 1.54) is 0 Å². The minimum atomic E-state index is -0.127. The van der Waals surface area contributed by atoms with Gasteiger partial charge in [0.15, 0.2) is 0 Å². The second-order valence-electron chi connectivity index (χ2n) is 6.25. The predicted molar refractivity (Wildman–Crippen MR) is 81.1 cm³/mol. The summed E-state index contributed by atoms with van der Waals surface area (Å²) in [5.74, 6) is -0.127. The third-order valence-corrected chi connectivity index (χ3v) is 4.08. The lowest BCUT2D eigenvalue weighted by atomic mass is 9.98. The molecule has 0 aliphatic carbocycles. The summed E-state index contributed by atoms with van der Waals surface area (Å²) in [7, 11) is 0. The maximum Gasteiger partial charge on any atom is 0.254 e. The molecule has 0 saturated carbocycles. The minimum Gasteiger partial charge on any atom is -0.349 e. The molecule has 1 fully saturated rings. The molecule has 2 heterocycles. The Kier molecular flexibility index (Phi) is 4.66. The van der Waals surface area contributed by atoms with Gasteiger partial charge in [-0.1, -0.05) is 11.6 Å². The van der Waals surface area contributed by atoms with Crippen molar-refractivity contribution in [2.75, 3.05) is 13.1 Å². The normalized spacial score (nSPS) is 18.0. The van der Waals surface area contributed by atoms with Crippen molar-refractivity contribution in [2.24, 2.45) is 0 Å². The molecule has 0 bridgehead atoms. The Morgan fingerprint density at radius 2 is 2.05 bits per heavy atom. The molecule has 5 heteroatoms. The Bertz CT molecular complexity index is 476. The third kappa shape index (κ3) is 3.70. The van der Waals surface area contributed by atoms with Crippen molar-refractivity contribution < 1.29 is 4.79 Å². The summed E-state index contributed by atoms with van der Waals surface area (Å²) in [5, 5.41) is 3.32. The number of hydrogen-bond acceptors (Lipinski definition) is 3. The predicted octanol–water partition coefficient (Wildman–Crippen LogP) is 2.73. The number of hydrogen-bond donors (Lipinski definition) is 1. The Labute approximate surface area is 125 Å². The van der Waals surface area contributed by atoms with Gasteiger partial charge >= 0.3 is 0 Å². The lowest BCUT2D eigenvalue weighted by molar-refractivity contribution is 0.0812. The summed E-state index contributed by atoms with van der Waals surface area (Å²) < 4.78 is 0. The van der Waals surface area contributed by atoms with Gasteiger partial charge in [-0.05, 0) is 45.7 Å². The van der Waals surface area contributed by atoms with Crippen LogP contribution in [-0.2, 0) is 0 Å². The number of halogens is 1. The Hall–Kier alpha value is -1.13. The van der Waals surface area contributed by atoms with Gasteiger partial charge < -0.3 is 5.32 Å². The zero-order chi connectivity index (χ0) is 14.8. The summed E-state index contributed by atoms with van der Waals surface area (Å²) >= 11 is 5.94. The molecule has 1 aromatic heterocycles. The number of carbonyl (C=O) groups is 1. The summed E-state index contributed by atoms with van der Waals surface area (Å²) in [4.78, 5) is 18.5. The van der Waals surface area contributed by atoms with Crippen molar-refractivity contribution in [2.45, 2.75) is 45.2 Å². The first-order valence-corrected chi connectivity index (χ1v) is 7.42. The fourth-order valence-corrected chi connectivity index (χ4v) is 2.72. The molecular weight excluding hydrogens is 274 g/mol. The van der Waals surface area contributed by atoms with Crippen LogP contribution in [0, 0.1) is 0 Å². The van der Waals surface area contributed by atoms with Crippen molar-refractivity contribution in [1.82, 2.24) is 15.2 Å². The van der Waals surface area contributed by atoms with Crippen LogP contribution in [0.3, 0.4) is 0 Å². The number of amides is 1. The molecule has 0 aromatic carbocycles. The highest BCUT2D eigenvalue weighted by Gasteiger charge is 2.27. The third-order valence-electron chi connectivity index (χ3n) is 3.78. The molecule has 1 N–H and O–H groups in total. The van der Waals surface area contributed by atoms with Gasteiger partial charge in [0.05, 0.1) is 5.56 Å². The van der Waals surface area contributed by atoms with E-state index in [-0.39, 0.29) is 22.6 Å². The molecular formula is C15H22ClN3O. The topological polar surface area (TPSA) is 45.2 Å². The van der Waals surface area contributed by atoms with Gasteiger partial charge in [0.2, 0.25) is 0 Å². The van der Waals surface area contributed by atoms with Crippen LogP contribution in [0.1, 0.15) is 44.0 Å². The molecule has 1 aromatic rings. The van der Waals surface area contributed by atoms with Crippen LogP contribution < -0.4 is 5.32 Å². The largest absolute Gasteiger partial charge is 0.349 e. The molecule has 1 saturated heterocycles. The molecule has 110 valence electrons. The molecule has 1 amide bonds. The number of aromatic nitrogens is 1. The average molecular weight is 296 g/mol. The summed E-state index contributed by atoms with van der Waals surface area (Å²) in [5.41, 5.74) is 0.647. The minimum absolute atomic E-state index is 0.127. The van der Waals surface area contributed by atoms with Crippen molar-refractivity contribution >= 4 is 17.5 Å². The van der Waals surface area contributed by atoms with Crippen LogP contribution in [0.25, 0.3) is 0 Å². The lowest BCUT2D eigenvalue weighted by Gasteiger charge is -2.41. The number of piperidine rings is 1. The van der Waals surface area contributed by atoms with Crippen molar-refractivity contribution in [3.8, 4) is 0 Å². The van der Waals surface area contributed by atoms with Crippen LogP contribution in [-0.4, -0.2) is 40.5 Å². The van der Waals surface area contributed by atoms with Gasteiger partial charge in [-0.3, -0.25) is 9.69 Å². The first-order chi connectivity index (χ1) is 9.38. The van der Waals surface area contributed by atoms with E-state index >= 15 is 0 Å². The van der Waals surface area contributed by atoms with Crippen molar-refractivity contribution in [3.63, 3.8) is 0 Å². The van der Waals surface area contributed by atoms with E-state index in [1.54, 1.807) is 18.3 Å². The number of likely N-dealkylation sites (tertiary alicyclic amines) is 1. The standard InChI is InChI=1S/C15H22ClN3O/c1-15(2,3)19-9-6-11(7-10-19)18-14(20)12-5-4-8-17-13(12)16/h4-5,8,11H,6-7,9-10H2,1-3H3,(H,18,20). The maximum atomic E-state index is 12.2. The van der Waals surface area contributed by atoms with E-state index in [0.717, 1.165) is 25.9 Å². The molecule has 1 aliphatic rings. The molecule has 0 spiro atoms. The highest BCUT2D eigenvalue weighted by atomic mass is 35.5. The number of rotatable bonds is 2. The van der Waals surface area contributed by atoms with E-state index < -0.39 is 0 Å². The molecule has 20 heavy (non-hydrogen) atoms. The lowest BCUT2D eigenvalue weighted by Crippen LogP contribution is -2.50. The van der Waals surface area contributed by atoms with Crippen molar-refractivity contribution in [3.05, 3.63) is 29.0 Å². The molecule has 4 nitrogen and oxygen atoms in total. The van der Waals surface area contributed by atoms with E-state index in [0.29, 0.717) is 5.56 Å². The summed E-state index contributed by atoms with van der Waals surface area (Å²) in [6, 6.07) is 3.65. The number of nitrogens with one attached hydrogen (secondary N) is 1. The SMILES string of the molecule is CC(C)(C)N1CCC(NC(=O)c2cccnc2Cl)CC1. The van der Waals surface area contributed by atoms with Gasteiger partial charge in [-0.2, -0.15) is 0 Å². The van der Waals surface area contributed by atoms with E-state index in [1.807, 2.05) is 0 Å². The van der Waals surface area contributed by atoms with Crippen LogP contribution in [0.5, 0.6) is 0 Å². The first-order valence-electron chi connectivity index (χ1n) is 7.04. The second kappa shape index (κ2) is 6.10. The van der Waals surface area contributed by atoms with E-state index in [4.69, 9.17) is 11.6 Å². The highest BCUT2D eigenvalue weighted by Crippen LogP contribution is 2.20. The van der Waals surface area contributed by atoms with E-state index in [9.17, 15) is 4.79 Å². The Morgan fingerprint density at radius 3 is 2.60 bits per heavy atom. The smallest absolute Gasteiger partial charge is 0.254 e. The second-order valence-corrected chi connectivity index (χ2v) is 6.61. The van der Waals surface area contributed by atoms with Gasteiger partial charge in [0.25, 0.3) is 5.91 Å². The van der Waals surface area contributed by atoms with Crippen molar-refractivity contribution in [1.29, 1.82) is 0 Å². The summed E-state index contributed by atoms with van der Waals surface area (Å²) in [6.07, 6.45) is 3.53. The monoisotopic (exact) mass is 295 g/mol. The zero-order valence-electron chi connectivity index (χ0n) is 12.3. The molecule has 0 unspecified atom stereocenters. The molecule has 0 atom stereocenters. The van der Waals surface area contributed by atoms with Gasteiger partial charge in [-0.15, -0.1) is 0 Å². The van der Waals surface area contributed by atoms with Crippen LogP contribution in [0.15, 0.2) is 18.3 Å². The summed E-state index contributed by atoms with van der Waals surface area (Å²) in [6.45, 7) is 8.69. The fraction of sp³-hybridized carbons (Fsp3) is 0.600. The number of nitrogens with zero attached hydrogens (tertiary/aromatic N) is 2. The first kappa shape index (κ1) is 15.3. The van der Waals surface area contributed by atoms with Gasteiger partial charge in [-0.25, -0.2) is 4.98 Å². The Morgan fingerprint density at radius 1 is 1.40 bits per heavy atom. The van der Waals surface area contributed by atoms with Crippen LogP contribution >= 0.6 is 11.6 Å². The van der Waals surface area contributed by atoms with Gasteiger partial charge in [0.1, 0.15) is 5.15 Å². The number of pyridine rings is 1. The molecule has 0 radical (unpaired) electrons. The Balaban J connectivity index is 1.90. The van der Waals surface area contributed by atoms with Crippen LogP contribution in [0.2, 0.25) is 5.15 Å². The fourth-order valence-electron chi connectivity index (χ4n) is 2.51. The molecule has 2 rings (SSSR count). The average Bonchev–Trinajstić information content (AvgIpc) is 2.38. The quantitative estimate of drug-likeness (QED) is 0.853. The van der Waals surface area contributed by atoms with Crippen LogP contribution in [0.4, 0.5) is 0 Å². The van der Waals surface area contributed by atoms with E-state index in [2.05, 4.69) is 36.0 Å². The zero-order valence-corrected chi connectivity index (χ0v) is 13.1. The molecule has 1 aliphatic heterocycles. The maximum absolute atomic E-state index is 12.2. The van der Waals surface area contributed by atoms with Gasteiger partial charge in [0, 0.05) is 30.9 Å².